The monoisotopic (exact) mass is 344 g/mol. The summed E-state index contributed by atoms with van der Waals surface area (Å²) in [6, 6.07) is 8.87. The van der Waals surface area contributed by atoms with Crippen LogP contribution in [0.25, 0.3) is 0 Å². The largest absolute Gasteiger partial charge is 0.486 e. The summed E-state index contributed by atoms with van der Waals surface area (Å²) >= 11 is 0. The molecule has 1 aliphatic heterocycles. The van der Waals surface area contributed by atoms with E-state index in [2.05, 4.69) is 5.32 Å². The van der Waals surface area contributed by atoms with Crippen molar-refractivity contribution < 1.29 is 23.5 Å². The molecule has 0 aliphatic carbocycles. The van der Waals surface area contributed by atoms with Gasteiger partial charge in [0.25, 0.3) is 5.91 Å². The summed E-state index contributed by atoms with van der Waals surface area (Å²) in [5, 5.41) is 2.66. The molecule has 2 aromatic rings. The predicted molar refractivity (Wildman–Crippen MR) is 89.6 cm³/mol. The van der Waals surface area contributed by atoms with E-state index in [1.54, 1.807) is 24.1 Å². The number of nitrogens with one attached hydrogen (secondary N) is 1. The topological polar surface area (TPSA) is 81.0 Å². The van der Waals surface area contributed by atoms with Crippen LogP contribution < -0.4 is 14.8 Å². The number of carbonyl (C=O) groups excluding carboxylic acids is 2. The maximum Gasteiger partial charge on any atom is 0.286 e. The standard InChI is InChI=1S/C18H20N2O5/c1-20(12-13-4-5-14-16(11-13)25-10-9-24-14)17(21)6-7-19-18(22)15-3-2-8-23-15/h2-5,8,11H,6-7,9-10,12H2,1H3,(H,19,22). The first-order valence-corrected chi connectivity index (χ1v) is 8.07. The van der Waals surface area contributed by atoms with E-state index in [4.69, 9.17) is 13.9 Å². The number of rotatable bonds is 6. The second-order valence-corrected chi connectivity index (χ2v) is 5.71. The summed E-state index contributed by atoms with van der Waals surface area (Å²) in [4.78, 5) is 25.5. The number of ether oxygens (including phenoxy) is 2. The fourth-order valence-electron chi connectivity index (χ4n) is 2.52. The Balaban J connectivity index is 1.47. The van der Waals surface area contributed by atoms with Gasteiger partial charge in [-0.25, -0.2) is 0 Å². The van der Waals surface area contributed by atoms with Crippen LogP contribution in [0.2, 0.25) is 0 Å². The van der Waals surface area contributed by atoms with Crippen molar-refractivity contribution in [2.75, 3.05) is 26.8 Å². The van der Waals surface area contributed by atoms with Gasteiger partial charge < -0.3 is 24.1 Å². The lowest BCUT2D eigenvalue weighted by Crippen LogP contribution is -2.31. The van der Waals surface area contributed by atoms with Crippen molar-refractivity contribution >= 4 is 11.8 Å². The van der Waals surface area contributed by atoms with Crippen LogP contribution in [0.1, 0.15) is 22.5 Å². The third-order valence-electron chi connectivity index (χ3n) is 3.82. The number of benzene rings is 1. The Hall–Kier alpha value is -2.96. The van der Waals surface area contributed by atoms with E-state index in [0.717, 1.165) is 11.3 Å². The molecule has 0 saturated carbocycles. The molecule has 0 atom stereocenters. The Bertz CT molecular complexity index is 742. The minimum atomic E-state index is -0.327. The third-order valence-corrected chi connectivity index (χ3v) is 3.82. The van der Waals surface area contributed by atoms with Gasteiger partial charge in [-0.3, -0.25) is 9.59 Å². The average molecular weight is 344 g/mol. The van der Waals surface area contributed by atoms with Gasteiger partial charge in [-0.1, -0.05) is 6.07 Å². The molecule has 0 spiro atoms. The lowest BCUT2D eigenvalue weighted by molar-refractivity contribution is -0.130. The van der Waals surface area contributed by atoms with Gasteiger partial charge in [-0.15, -0.1) is 0 Å². The third kappa shape index (κ3) is 4.32. The second-order valence-electron chi connectivity index (χ2n) is 5.71. The Morgan fingerprint density at radius 2 is 1.96 bits per heavy atom. The lowest BCUT2D eigenvalue weighted by Gasteiger charge is -2.21. The molecule has 3 rings (SSSR count). The van der Waals surface area contributed by atoms with Crippen LogP contribution in [0, 0.1) is 0 Å². The van der Waals surface area contributed by atoms with Crippen LogP contribution >= 0.6 is 0 Å². The summed E-state index contributed by atoms with van der Waals surface area (Å²) in [5.74, 6) is 1.28. The molecule has 7 nitrogen and oxygen atoms in total. The molecule has 132 valence electrons. The van der Waals surface area contributed by atoms with Crippen molar-refractivity contribution in [3.05, 3.63) is 47.9 Å². The van der Waals surface area contributed by atoms with Crippen molar-refractivity contribution in [3.8, 4) is 11.5 Å². The maximum absolute atomic E-state index is 12.2. The van der Waals surface area contributed by atoms with E-state index in [0.29, 0.717) is 25.5 Å². The van der Waals surface area contributed by atoms with Gasteiger partial charge >= 0.3 is 0 Å². The molecule has 2 amide bonds. The van der Waals surface area contributed by atoms with Crippen molar-refractivity contribution in [2.24, 2.45) is 0 Å². The highest BCUT2D eigenvalue weighted by Gasteiger charge is 2.15. The van der Waals surface area contributed by atoms with Gasteiger partial charge in [0.05, 0.1) is 6.26 Å². The summed E-state index contributed by atoms with van der Waals surface area (Å²) in [6.45, 7) is 1.79. The number of fused-ring (bicyclic) bond motifs is 1. The maximum atomic E-state index is 12.2. The van der Waals surface area contributed by atoms with E-state index >= 15 is 0 Å². The molecule has 0 radical (unpaired) electrons. The molecular weight excluding hydrogens is 324 g/mol. The van der Waals surface area contributed by atoms with Crippen molar-refractivity contribution in [2.45, 2.75) is 13.0 Å². The molecule has 1 N–H and O–H groups in total. The molecule has 0 saturated heterocycles. The van der Waals surface area contributed by atoms with Crippen molar-refractivity contribution in [1.29, 1.82) is 0 Å². The Morgan fingerprint density at radius 1 is 1.16 bits per heavy atom. The predicted octanol–water partition coefficient (Wildman–Crippen LogP) is 1.83. The second kappa shape index (κ2) is 7.74. The number of hydrogen-bond acceptors (Lipinski definition) is 5. The fourth-order valence-corrected chi connectivity index (χ4v) is 2.52. The lowest BCUT2D eigenvalue weighted by atomic mass is 10.2. The fraction of sp³-hybridized carbons (Fsp3) is 0.333. The van der Waals surface area contributed by atoms with Crippen molar-refractivity contribution in [3.63, 3.8) is 0 Å². The highest BCUT2D eigenvalue weighted by Crippen LogP contribution is 2.31. The highest BCUT2D eigenvalue weighted by molar-refractivity contribution is 5.91. The molecule has 25 heavy (non-hydrogen) atoms. The van der Waals surface area contributed by atoms with E-state index in [-0.39, 0.29) is 30.5 Å². The summed E-state index contributed by atoms with van der Waals surface area (Å²) in [7, 11) is 1.73. The van der Waals surface area contributed by atoms with E-state index in [1.807, 2.05) is 18.2 Å². The minimum absolute atomic E-state index is 0.0605. The molecule has 1 aromatic carbocycles. The van der Waals surface area contributed by atoms with Crippen molar-refractivity contribution in [1.82, 2.24) is 10.2 Å². The number of carbonyl (C=O) groups is 2. The number of furan rings is 1. The quantitative estimate of drug-likeness (QED) is 0.865. The summed E-state index contributed by atoms with van der Waals surface area (Å²) in [5.41, 5.74) is 0.958. The van der Waals surface area contributed by atoms with Gasteiger partial charge in [0, 0.05) is 26.6 Å². The Morgan fingerprint density at radius 3 is 2.72 bits per heavy atom. The molecular formula is C18H20N2O5. The van der Waals surface area contributed by atoms with Gasteiger partial charge in [0.15, 0.2) is 17.3 Å². The van der Waals surface area contributed by atoms with E-state index in [1.165, 1.54) is 6.26 Å². The van der Waals surface area contributed by atoms with Crippen LogP contribution in [0.5, 0.6) is 11.5 Å². The summed E-state index contributed by atoms with van der Waals surface area (Å²) in [6.07, 6.45) is 1.65. The first-order chi connectivity index (χ1) is 12.1. The van der Waals surface area contributed by atoms with Crippen LogP contribution in [0.3, 0.4) is 0 Å². The molecule has 0 bridgehead atoms. The summed E-state index contributed by atoms with van der Waals surface area (Å²) < 4.78 is 16.0. The van der Waals surface area contributed by atoms with E-state index < -0.39 is 0 Å². The van der Waals surface area contributed by atoms with Crippen LogP contribution in [0.4, 0.5) is 0 Å². The zero-order valence-electron chi connectivity index (χ0n) is 14.0. The van der Waals surface area contributed by atoms with Crippen LogP contribution in [0.15, 0.2) is 41.0 Å². The average Bonchev–Trinajstić information content (AvgIpc) is 3.16. The smallest absolute Gasteiger partial charge is 0.286 e. The van der Waals surface area contributed by atoms with Gasteiger partial charge in [0.1, 0.15) is 13.2 Å². The number of nitrogens with zero attached hydrogens (tertiary/aromatic N) is 1. The van der Waals surface area contributed by atoms with Gasteiger partial charge in [-0.2, -0.15) is 0 Å². The minimum Gasteiger partial charge on any atom is -0.486 e. The van der Waals surface area contributed by atoms with Gasteiger partial charge in [-0.05, 0) is 29.8 Å². The van der Waals surface area contributed by atoms with Crippen LogP contribution in [-0.2, 0) is 11.3 Å². The zero-order chi connectivity index (χ0) is 17.6. The Kier molecular flexibility index (Phi) is 5.23. The van der Waals surface area contributed by atoms with E-state index in [9.17, 15) is 9.59 Å². The molecule has 7 heteroatoms. The molecule has 1 aliphatic rings. The SMILES string of the molecule is CN(Cc1ccc2c(c1)OCCO2)C(=O)CCNC(=O)c1ccco1. The molecule has 0 fully saturated rings. The molecule has 0 unspecified atom stereocenters. The normalized spacial score (nSPS) is 12.5. The number of amides is 2. The highest BCUT2D eigenvalue weighted by atomic mass is 16.6. The first-order valence-electron chi connectivity index (χ1n) is 8.07. The molecule has 1 aromatic heterocycles. The molecule has 2 heterocycles. The Labute approximate surface area is 145 Å². The van der Waals surface area contributed by atoms with Crippen LogP contribution in [-0.4, -0.2) is 43.5 Å². The zero-order valence-corrected chi connectivity index (χ0v) is 14.0. The number of hydrogen-bond donors (Lipinski definition) is 1. The van der Waals surface area contributed by atoms with Gasteiger partial charge in [0.2, 0.25) is 5.91 Å². The first kappa shape index (κ1) is 16.9.